The summed E-state index contributed by atoms with van der Waals surface area (Å²) >= 11 is 0. The largest absolute Gasteiger partial charge is 0.372 e. The quantitative estimate of drug-likeness (QED) is 0.682. The maximum absolute atomic E-state index is 12.2. The van der Waals surface area contributed by atoms with Crippen LogP contribution >= 0.6 is 0 Å². The number of amides is 1. The molecule has 27 heavy (non-hydrogen) atoms. The molecule has 0 saturated carbocycles. The number of hydrogen-bond acceptors (Lipinski definition) is 3. The van der Waals surface area contributed by atoms with Crippen LogP contribution in [0.15, 0.2) is 73.1 Å². The summed E-state index contributed by atoms with van der Waals surface area (Å²) in [5.74, 6) is -0.0943. The Balaban J connectivity index is 0.00000126. The number of nitrogens with one attached hydrogen (secondary N) is 1. The van der Waals surface area contributed by atoms with Gasteiger partial charge in [-0.1, -0.05) is 50.2 Å². The molecule has 1 heterocycles. The molecule has 0 radical (unpaired) electrons. The van der Waals surface area contributed by atoms with Gasteiger partial charge in [0.25, 0.3) is 5.91 Å². The fourth-order valence-corrected chi connectivity index (χ4v) is 2.64. The molecular weight excluding hydrogens is 336 g/mol. The van der Waals surface area contributed by atoms with Crippen LogP contribution in [0, 0.1) is 0 Å². The molecule has 0 fully saturated rings. The lowest BCUT2D eigenvalue weighted by molar-refractivity contribution is 0.0963. The summed E-state index contributed by atoms with van der Waals surface area (Å²) in [6.45, 7) is 5.01. The average molecular weight is 362 g/mol. The van der Waals surface area contributed by atoms with Gasteiger partial charge in [0, 0.05) is 25.0 Å². The van der Waals surface area contributed by atoms with Crippen LogP contribution in [0.1, 0.15) is 35.3 Å². The van der Waals surface area contributed by atoms with Crippen LogP contribution in [-0.2, 0) is 18.0 Å². The predicted octanol–water partition coefficient (Wildman–Crippen LogP) is 4.85. The van der Waals surface area contributed by atoms with Gasteiger partial charge in [-0.05, 0) is 46.5 Å². The first kappa shape index (κ1) is 20.3. The average Bonchev–Trinajstić information content (AvgIpc) is 2.76. The van der Waals surface area contributed by atoms with Crippen molar-refractivity contribution in [2.45, 2.75) is 27.1 Å². The second-order valence-corrected chi connectivity index (χ2v) is 5.67. The van der Waals surface area contributed by atoms with Gasteiger partial charge in [0.15, 0.2) is 0 Å². The molecular formula is C23H26N2O2. The van der Waals surface area contributed by atoms with Gasteiger partial charge in [0.1, 0.15) is 0 Å². The number of nitrogens with zero attached hydrogens (tertiary/aromatic N) is 1. The maximum Gasteiger partial charge on any atom is 0.251 e. The molecule has 0 bridgehead atoms. The zero-order valence-electron chi connectivity index (χ0n) is 16.1. The molecule has 140 valence electrons. The molecule has 1 N–H and O–H groups in total. The summed E-state index contributed by atoms with van der Waals surface area (Å²) in [5.41, 5.74) is 4.69. The molecule has 3 aromatic rings. The lowest BCUT2D eigenvalue weighted by Crippen LogP contribution is -2.18. The van der Waals surface area contributed by atoms with Crippen LogP contribution in [0.3, 0.4) is 0 Å². The molecule has 1 aromatic heterocycles. The Morgan fingerprint density at radius 2 is 1.59 bits per heavy atom. The van der Waals surface area contributed by atoms with Crippen molar-refractivity contribution in [3.8, 4) is 11.1 Å². The summed E-state index contributed by atoms with van der Waals surface area (Å²) in [4.78, 5) is 16.2. The number of aromatic nitrogens is 1. The zero-order chi connectivity index (χ0) is 19.5. The SMILES string of the molecule is CC.CNC(=O)c1ccc(COCc2ccncc2)cc1-c1ccccc1. The van der Waals surface area contributed by atoms with E-state index in [1.807, 2.05) is 74.5 Å². The van der Waals surface area contributed by atoms with Crippen LogP contribution in [0.5, 0.6) is 0 Å². The van der Waals surface area contributed by atoms with Crippen molar-refractivity contribution in [3.63, 3.8) is 0 Å². The molecule has 0 unspecified atom stereocenters. The van der Waals surface area contributed by atoms with Gasteiger partial charge in [0.2, 0.25) is 0 Å². The molecule has 1 amide bonds. The first-order chi connectivity index (χ1) is 13.3. The third kappa shape index (κ3) is 5.76. The number of hydrogen-bond donors (Lipinski definition) is 1. The van der Waals surface area contributed by atoms with Crippen LogP contribution in [0.2, 0.25) is 0 Å². The van der Waals surface area contributed by atoms with Gasteiger partial charge in [-0.2, -0.15) is 0 Å². The van der Waals surface area contributed by atoms with E-state index in [0.29, 0.717) is 18.8 Å². The lowest BCUT2D eigenvalue weighted by atomic mass is 9.97. The molecule has 0 saturated heterocycles. The van der Waals surface area contributed by atoms with E-state index in [-0.39, 0.29) is 5.91 Å². The summed E-state index contributed by atoms with van der Waals surface area (Å²) in [6, 6.07) is 19.6. The number of carbonyl (C=O) groups excluding carboxylic acids is 1. The predicted molar refractivity (Wildman–Crippen MR) is 109 cm³/mol. The van der Waals surface area contributed by atoms with Crippen LogP contribution in [0.25, 0.3) is 11.1 Å². The van der Waals surface area contributed by atoms with Crippen molar-refractivity contribution in [1.29, 1.82) is 0 Å². The van der Waals surface area contributed by atoms with Crippen molar-refractivity contribution >= 4 is 5.91 Å². The highest BCUT2D eigenvalue weighted by molar-refractivity contribution is 6.00. The monoisotopic (exact) mass is 362 g/mol. The Kier molecular flexibility index (Phi) is 8.20. The van der Waals surface area contributed by atoms with Gasteiger partial charge < -0.3 is 10.1 Å². The van der Waals surface area contributed by atoms with Crippen molar-refractivity contribution in [1.82, 2.24) is 10.3 Å². The Morgan fingerprint density at radius 3 is 2.26 bits per heavy atom. The smallest absolute Gasteiger partial charge is 0.251 e. The topological polar surface area (TPSA) is 51.2 Å². The number of rotatable bonds is 6. The van der Waals surface area contributed by atoms with E-state index in [9.17, 15) is 4.79 Å². The third-order valence-electron chi connectivity index (χ3n) is 3.93. The summed E-state index contributed by atoms with van der Waals surface area (Å²) < 4.78 is 5.79. The molecule has 4 heteroatoms. The molecule has 0 atom stereocenters. The fraction of sp³-hybridized carbons (Fsp3) is 0.217. The summed E-state index contributed by atoms with van der Waals surface area (Å²) in [6.07, 6.45) is 3.51. The Morgan fingerprint density at radius 1 is 0.926 bits per heavy atom. The Labute approximate surface area is 161 Å². The van der Waals surface area contributed by atoms with Gasteiger partial charge >= 0.3 is 0 Å². The highest BCUT2D eigenvalue weighted by atomic mass is 16.5. The van der Waals surface area contributed by atoms with Crippen molar-refractivity contribution in [2.75, 3.05) is 7.05 Å². The lowest BCUT2D eigenvalue weighted by Gasteiger charge is -2.12. The first-order valence-corrected chi connectivity index (χ1v) is 9.15. The van der Waals surface area contributed by atoms with Crippen molar-refractivity contribution < 1.29 is 9.53 Å². The minimum atomic E-state index is -0.0943. The van der Waals surface area contributed by atoms with E-state index < -0.39 is 0 Å². The zero-order valence-corrected chi connectivity index (χ0v) is 16.1. The normalized spacial score (nSPS) is 9.89. The van der Waals surface area contributed by atoms with Gasteiger partial charge in [-0.25, -0.2) is 0 Å². The van der Waals surface area contributed by atoms with E-state index in [4.69, 9.17) is 4.74 Å². The van der Waals surface area contributed by atoms with Gasteiger partial charge in [-0.15, -0.1) is 0 Å². The summed E-state index contributed by atoms with van der Waals surface area (Å²) in [5, 5.41) is 2.70. The van der Waals surface area contributed by atoms with E-state index in [1.54, 1.807) is 19.4 Å². The number of pyridine rings is 1. The van der Waals surface area contributed by atoms with Crippen LogP contribution < -0.4 is 5.32 Å². The van der Waals surface area contributed by atoms with E-state index >= 15 is 0 Å². The molecule has 0 aliphatic heterocycles. The van der Waals surface area contributed by atoms with Crippen LogP contribution in [0.4, 0.5) is 0 Å². The van der Waals surface area contributed by atoms with E-state index in [1.165, 1.54) is 0 Å². The second-order valence-electron chi connectivity index (χ2n) is 5.67. The number of ether oxygens (including phenoxy) is 1. The second kappa shape index (κ2) is 10.9. The Bertz CT molecular complexity index is 834. The number of benzene rings is 2. The minimum Gasteiger partial charge on any atom is -0.372 e. The highest BCUT2D eigenvalue weighted by Gasteiger charge is 2.12. The highest BCUT2D eigenvalue weighted by Crippen LogP contribution is 2.25. The molecule has 4 nitrogen and oxygen atoms in total. The molecule has 2 aromatic carbocycles. The molecule has 0 aliphatic carbocycles. The van der Waals surface area contributed by atoms with Crippen molar-refractivity contribution in [3.05, 3.63) is 89.7 Å². The van der Waals surface area contributed by atoms with Crippen molar-refractivity contribution in [2.24, 2.45) is 0 Å². The van der Waals surface area contributed by atoms with E-state index in [0.717, 1.165) is 22.3 Å². The van der Waals surface area contributed by atoms with Gasteiger partial charge in [-0.3, -0.25) is 9.78 Å². The maximum atomic E-state index is 12.2. The number of carbonyl (C=O) groups is 1. The fourth-order valence-electron chi connectivity index (χ4n) is 2.64. The third-order valence-corrected chi connectivity index (χ3v) is 3.93. The Hall–Kier alpha value is -2.98. The minimum absolute atomic E-state index is 0.0943. The molecule has 0 aliphatic rings. The van der Waals surface area contributed by atoms with Crippen LogP contribution in [-0.4, -0.2) is 17.9 Å². The molecule has 0 spiro atoms. The standard InChI is InChI=1S/C21H20N2O2.C2H6/c1-22-21(24)19-8-7-17(13-20(19)18-5-3-2-4-6-18)15-25-14-16-9-11-23-12-10-16;1-2/h2-13H,14-15H2,1H3,(H,22,24);1-2H3. The molecule has 3 rings (SSSR count). The summed E-state index contributed by atoms with van der Waals surface area (Å²) in [7, 11) is 1.64. The first-order valence-electron chi connectivity index (χ1n) is 9.15. The van der Waals surface area contributed by atoms with E-state index in [2.05, 4.69) is 10.3 Å². The van der Waals surface area contributed by atoms with Gasteiger partial charge in [0.05, 0.1) is 13.2 Å².